The van der Waals surface area contributed by atoms with Crippen LogP contribution in [0.5, 0.6) is 0 Å². The molecule has 144 valence electrons. The molecule has 0 radical (unpaired) electrons. The van der Waals surface area contributed by atoms with E-state index in [0.717, 1.165) is 30.8 Å². The van der Waals surface area contributed by atoms with Crippen LogP contribution in [-0.2, 0) is 0 Å². The molecule has 0 atom stereocenters. The van der Waals surface area contributed by atoms with Gasteiger partial charge in [-0.2, -0.15) is 0 Å². The monoisotopic (exact) mass is 370 g/mol. The van der Waals surface area contributed by atoms with Gasteiger partial charge in [-0.25, -0.2) is 0 Å². The molecule has 1 N–H and O–H groups in total. The van der Waals surface area contributed by atoms with Crippen molar-refractivity contribution in [3.8, 4) is 0 Å². The Hall–Kier alpha value is -2.67. The quantitative estimate of drug-likeness (QED) is 0.868. The summed E-state index contributed by atoms with van der Waals surface area (Å²) in [6, 6.07) is 7.52. The summed E-state index contributed by atoms with van der Waals surface area (Å²) >= 11 is 0. The van der Waals surface area contributed by atoms with Gasteiger partial charge < -0.3 is 14.7 Å². The van der Waals surface area contributed by atoms with Crippen LogP contribution in [0.25, 0.3) is 0 Å². The lowest BCUT2D eigenvalue weighted by Gasteiger charge is -2.34. The van der Waals surface area contributed by atoms with E-state index in [0.29, 0.717) is 36.7 Å². The number of hydrogen-bond donors (Lipinski definition) is 1. The molecule has 1 aliphatic rings. The van der Waals surface area contributed by atoms with Crippen molar-refractivity contribution in [1.29, 1.82) is 0 Å². The van der Waals surface area contributed by atoms with Crippen molar-refractivity contribution in [2.45, 2.75) is 20.8 Å². The van der Waals surface area contributed by atoms with Gasteiger partial charge in [0.05, 0.1) is 0 Å². The summed E-state index contributed by atoms with van der Waals surface area (Å²) in [7, 11) is 0. The topological polar surface area (TPSA) is 78.7 Å². The van der Waals surface area contributed by atoms with E-state index in [4.69, 9.17) is 4.52 Å². The Morgan fingerprint density at radius 1 is 1.04 bits per heavy atom. The fraction of sp³-hybridized carbons (Fsp3) is 0.450. The molecule has 7 heteroatoms. The minimum absolute atomic E-state index is 0.0444. The van der Waals surface area contributed by atoms with Gasteiger partial charge in [0, 0.05) is 50.9 Å². The van der Waals surface area contributed by atoms with E-state index < -0.39 is 0 Å². The fourth-order valence-electron chi connectivity index (χ4n) is 3.34. The van der Waals surface area contributed by atoms with Gasteiger partial charge in [-0.05, 0) is 32.9 Å². The minimum Gasteiger partial charge on any atom is -0.361 e. The molecule has 1 aromatic carbocycles. The van der Waals surface area contributed by atoms with Gasteiger partial charge in [0.15, 0.2) is 5.69 Å². The number of nitrogens with zero attached hydrogens (tertiary/aromatic N) is 3. The van der Waals surface area contributed by atoms with Gasteiger partial charge in [0.25, 0.3) is 11.8 Å². The van der Waals surface area contributed by atoms with E-state index in [1.165, 1.54) is 0 Å². The molecule has 7 nitrogen and oxygen atoms in total. The third-order valence-electron chi connectivity index (χ3n) is 4.70. The normalized spacial score (nSPS) is 15.0. The van der Waals surface area contributed by atoms with Crippen molar-refractivity contribution in [1.82, 2.24) is 20.3 Å². The highest BCUT2D eigenvalue weighted by Crippen LogP contribution is 2.10. The molecule has 3 rings (SSSR count). The molecule has 1 saturated heterocycles. The molecule has 0 aliphatic carbocycles. The Balaban J connectivity index is 1.42. The number of rotatable bonds is 5. The molecule has 2 heterocycles. The Morgan fingerprint density at radius 3 is 2.30 bits per heavy atom. The molecular weight excluding hydrogens is 344 g/mol. The summed E-state index contributed by atoms with van der Waals surface area (Å²) in [6.07, 6.45) is 0. The van der Waals surface area contributed by atoms with Crippen molar-refractivity contribution in [3.05, 3.63) is 52.4 Å². The standard InChI is InChI=1S/C20H26N4O3/c1-14-10-15(2)12-17(11-14)19(25)21-4-5-23-6-8-24(9-7-23)20(26)18-13-16(3)27-22-18/h10-13H,4-9H2,1-3H3,(H,21,25). The van der Waals surface area contributed by atoms with Gasteiger partial charge >= 0.3 is 0 Å². The average molecular weight is 370 g/mol. The van der Waals surface area contributed by atoms with E-state index in [1.807, 2.05) is 26.0 Å². The first-order valence-electron chi connectivity index (χ1n) is 9.24. The largest absolute Gasteiger partial charge is 0.361 e. The Labute approximate surface area is 159 Å². The van der Waals surface area contributed by atoms with Gasteiger partial charge in [-0.1, -0.05) is 22.3 Å². The third kappa shape index (κ3) is 4.95. The van der Waals surface area contributed by atoms with E-state index >= 15 is 0 Å². The number of aromatic nitrogens is 1. The van der Waals surface area contributed by atoms with Crippen LogP contribution in [0.1, 0.15) is 37.7 Å². The maximum atomic E-state index is 12.4. The number of nitrogens with one attached hydrogen (secondary N) is 1. The summed E-state index contributed by atoms with van der Waals surface area (Å²) in [4.78, 5) is 28.7. The zero-order valence-electron chi connectivity index (χ0n) is 16.1. The minimum atomic E-state index is -0.0883. The Kier molecular flexibility index (Phi) is 5.91. The lowest BCUT2D eigenvalue weighted by atomic mass is 10.1. The fourth-order valence-corrected chi connectivity index (χ4v) is 3.34. The average Bonchev–Trinajstić information content (AvgIpc) is 3.07. The number of aryl methyl sites for hydroxylation is 3. The summed E-state index contributed by atoms with van der Waals surface area (Å²) in [5.41, 5.74) is 3.24. The summed E-state index contributed by atoms with van der Waals surface area (Å²) in [5, 5.41) is 6.77. The molecule has 27 heavy (non-hydrogen) atoms. The zero-order chi connectivity index (χ0) is 19.4. The second kappa shape index (κ2) is 8.35. The van der Waals surface area contributed by atoms with E-state index in [9.17, 15) is 9.59 Å². The van der Waals surface area contributed by atoms with Crippen LogP contribution in [0.2, 0.25) is 0 Å². The molecule has 0 unspecified atom stereocenters. The summed E-state index contributed by atoms with van der Waals surface area (Å²) in [5.74, 6) is 0.503. The van der Waals surface area contributed by atoms with Crippen LogP contribution >= 0.6 is 0 Å². The zero-order valence-corrected chi connectivity index (χ0v) is 16.1. The van der Waals surface area contributed by atoms with Gasteiger partial charge in [-0.3, -0.25) is 14.5 Å². The van der Waals surface area contributed by atoms with Crippen molar-refractivity contribution < 1.29 is 14.1 Å². The smallest absolute Gasteiger partial charge is 0.276 e. The first-order chi connectivity index (χ1) is 12.9. The lowest BCUT2D eigenvalue weighted by Crippen LogP contribution is -2.50. The molecule has 0 saturated carbocycles. The molecule has 2 aromatic rings. The van der Waals surface area contributed by atoms with Crippen LogP contribution in [0.3, 0.4) is 0 Å². The number of piperazine rings is 1. The van der Waals surface area contributed by atoms with Crippen LogP contribution in [-0.4, -0.2) is 66.0 Å². The second-order valence-corrected chi connectivity index (χ2v) is 7.09. The predicted molar refractivity (Wildman–Crippen MR) is 102 cm³/mol. The Morgan fingerprint density at radius 2 is 1.70 bits per heavy atom. The van der Waals surface area contributed by atoms with Crippen molar-refractivity contribution in [2.24, 2.45) is 0 Å². The second-order valence-electron chi connectivity index (χ2n) is 7.09. The highest BCUT2D eigenvalue weighted by molar-refractivity contribution is 5.94. The van der Waals surface area contributed by atoms with E-state index in [-0.39, 0.29) is 11.8 Å². The molecule has 0 bridgehead atoms. The van der Waals surface area contributed by atoms with Crippen molar-refractivity contribution in [2.75, 3.05) is 39.3 Å². The Bertz CT molecular complexity index is 802. The first kappa shape index (κ1) is 19.1. The predicted octanol–water partition coefficient (Wildman–Crippen LogP) is 1.79. The van der Waals surface area contributed by atoms with Crippen LogP contribution < -0.4 is 5.32 Å². The van der Waals surface area contributed by atoms with Crippen molar-refractivity contribution >= 4 is 11.8 Å². The molecule has 1 aliphatic heterocycles. The first-order valence-corrected chi connectivity index (χ1v) is 9.24. The summed E-state index contributed by atoms with van der Waals surface area (Å²) in [6.45, 7) is 9.96. The highest BCUT2D eigenvalue weighted by Gasteiger charge is 2.24. The molecule has 0 spiro atoms. The third-order valence-corrected chi connectivity index (χ3v) is 4.70. The number of hydrogen-bond acceptors (Lipinski definition) is 5. The number of carbonyl (C=O) groups excluding carboxylic acids is 2. The van der Waals surface area contributed by atoms with Crippen molar-refractivity contribution in [3.63, 3.8) is 0 Å². The van der Waals surface area contributed by atoms with E-state index in [1.54, 1.807) is 17.9 Å². The number of amides is 2. The molecule has 1 aromatic heterocycles. The van der Waals surface area contributed by atoms with Crippen LogP contribution in [0, 0.1) is 20.8 Å². The SMILES string of the molecule is Cc1cc(C)cc(C(=O)NCCN2CCN(C(=O)c3cc(C)on3)CC2)c1. The number of carbonyl (C=O) groups is 2. The van der Waals surface area contributed by atoms with E-state index in [2.05, 4.69) is 21.4 Å². The number of benzene rings is 1. The maximum absolute atomic E-state index is 12.4. The molecule has 2 amide bonds. The van der Waals surface area contributed by atoms with Crippen LogP contribution in [0.4, 0.5) is 0 Å². The lowest BCUT2D eigenvalue weighted by molar-refractivity contribution is 0.0628. The van der Waals surface area contributed by atoms with Gasteiger partial charge in [0.1, 0.15) is 5.76 Å². The van der Waals surface area contributed by atoms with Gasteiger partial charge in [-0.15, -0.1) is 0 Å². The summed E-state index contributed by atoms with van der Waals surface area (Å²) < 4.78 is 4.98. The molecule has 1 fully saturated rings. The molecular formula is C20H26N4O3. The van der Waals surface area contributed by atoms with Crippen LogP contribution in [0.15, 0.2) is 28.8 Å². The van der Waals surface area contributed by atoms with Gasteiger partial charge in [0.2, 0.25) is 0 Å². The maximum Gasteiger partial charge on any atom is 0.276 e. The highest BCUT2D eigenvalue weighted by atomic mass is 16.5.